The Morgan fingerprint density at radius 3 is 0.767 bits per heavy atom. The van der Waals surface area contributed by atoms with Crippen molar-refractivity contribution in [3.63, 3.8) is 0 Å². The maximum absolute atomic E-state index is 6.39. The van der Waals surface area contributed by atoms with E-state index in [9.17, 15) is 0 Å². The summed E-state index contributed by atoms with van der Waals surface area (Å²) in [5.74, 6) is 5.45. The number of benzene rings is 10. The molecule has 0 N–H and O–H groups in total. The largest absolute Gasteiger partial charge is 0.494 e. The zero-order chi connectivity index (χ0) is 88.2. The summed E-state index contributed by atoms with van der Waals surface area (Å²) < 4.78 is 39.8. The van der Waals surface area contributed by atoms with Crippen molar-refractivity contribution in [1.29, 1.82) is 0 Å². The topological polar surface area (TPSA) is 55.4 Å². The molecular formula is C101H142Br4O6Si9. The van der Waals surface area contributed by atoms with Crippen LogP contribution in [0.3, 0.4) is 0 Å². The number of hydrogen-bond donors (Lipinski definition) is 0. The maximum atomic E-state index is 6.39. The highest BCUT2D eigenvalue weighted by molar-refractivity contribution is 9.11. The van der Waals surface area contributed by atoms with Crippen molar-refractivity contribution in [3.05, 3.63) is 263 Å². The van der Waals surface area contributed by atoms with Gasteiger partial charge in [-0.1, -0.05) is 344 Å². The van der Waals surface area contributed by atoms with Crippen LogP contribution in [0.5, 0.6) is 34.5 Å². The molecule has 0 aliphatic rings. The minimum absolute atomic E-state index is 0.0794. The summed E-state index contributed by atoms with van der Waals surface area (Å²) in [4.78, 5) is 0. The standard InChI is InChI=1S/C37H50O2Si3.C32H44Br4O2Si3.C32H48O2Si3/c1-9-38-32-20-16-30(17-21-32)37(2,29-14-11-10-12-15-29)31-18-22-33(23-19-31)39-24-13-25-42(7,8)36-27-34(40(3)4)26-35(28-36)41(5)6;1-10-37-30-26(33)14-21(15-27(30)34)32(2,3)22-16-28(35)31(29(36)17-22)38-12-11-13-41(8,9)25-19-23(39(4)5)18-24(20-25)40(6)7;1-10-33-27-16-12-25(13-17-27)32(2,3)26-14-18-28(19-15-26)34-20-11-21-37(8,9)31-23-29(35(4)5)22-30(24-31)36(6)7/h10-12,14-23,26-28,40-41H,9,13,24-25H2,1-8H3;14-20,39-40H,10-13H2,1-9H3;12-19,22-24,35-36H,10-11,20-21H2,1-9H3. The predicted octanol–water partition coefficient (Wildman–Crippen LogP) is 22.6. The second-order valence-electron chi connectivity index (χ2n) is 37.8. The van der Waals surface area contributed by atoms with Crippen molar-refractivity contribution in [3.8, 4) is 34.5 Å². The van der Waals surface area contributed by atoms with Crippen molar-refractivity contribution in [2.45, 2.75) is 227 Å². The first-order valence-electron chi connectivity index (χ1n) is 44.3. The zero-order valence-electron chi connectivity index (χ0n) is 77.5. The summed E-state index contributed by atoms with van der Waals surface area (Å²) in [6.07, 6.45) is 3.25. The molecule has 120 heavy (non-hydrogen) atoms. The lowest BCUT2D eigenvalue weighted by molar-refractivity contribution is 0.312. The molecule has 19 heteroatoms. The molecule has 0 amide bonds. The molecule has 0 fully saturated rings. The van der Waals surface area contributed by atoms with E-state index in [4.69, 9.17) is 28.4 Å². The van der Waals surface area contributed by atoms with Gasteiger partial charge in [-0.2, -0.15) is 0 Å². The highest BCUT2D eigenvalue weighted by Gasteiger charge is 2.34. The highest BCUT2D eigenvalue weighted by atomic mass is 79.9. The third-order valence-electron chi connectivity index (χ3n) is 24.6. The Labute approximate surface area is 772 Å². The van der Waals surface area contributed by atoms with Crippen molar-refractivity contribution < 1.29 is 28.4 Å². The van der Waals surface area contributed by atoms with E-state index < -0.39 is 77.0 Å². The Morgan fingerprint density at radius 2 is 0.500 bits per heavy atom. The fourth-order valence-corrected chi connectivity index (χ4v) is 33.6. The predicted molar refractivity (Wildman–Crippen MR) is 566 cm³/mol. The van der Waals surface area contributed by atoms with E-state index in [1.165, 1.54) is 57.1 Å². The second-order valence-corrected chi connectivity index (χ2v) is 73.6. The van der Waals surface area contributed by atoms with Gasteiger partial charge in [0.1, 0.15) is 34.5 Å². The van der Waals surface area contributed by atoms with Crippen molar-refractivity contribution in [1.82, 2.24) is 0 Å². The quantitative estimate of drug-likeness (QED) is 0.0220. The molecule has 0 bridgehead atoms. The molecule has 0 aromatic heterocycles. The average Bonchev–Trinajstić information content (AvgIpc) is 0.765. The first-order valence-corrected chi connectivity index (χ1v) is 74.4. The van der Waals surface area contributed by atoms with Crippen LogP contribution < -0.4 is 75.1 Å². The molecular weight excluding hydrogens is 1880 g/mol. The minimum Gasteiger partial charge on any atom is -0.494 e. The lowest BCUT2D eigenvalue weighted by atomic mass is 9.71. The van der Waals surface area contributed by atoms with Gasteiger partial charge in [0, 0.05) is 16.2 Å². The van der Waals surface area contributed by atoms with E-state index in [0.717, 1.165) is 84.9 Å². The summed E-state index contributed by atoms with van der Waals surface area (Å²) in [6.45, 7) is 66.3. The Bertz CT molecular complexity index is 4770. The third kappa shape index (κ3) is 27.2. The normalized spacial score (nSPS) is 12.7. The Balaban J connectivity index is 0.000000225. The molecule has 646 valence electrons. The third-order valence-corrected chi connectivity index (χ3v) is 47.3. The van der Waals surface area contributed by atoms with Crippen LogP contribution in [-0.4, -0.2) is 117 Å². The van der Waals surface area contributed by atoms with Crippen LogP contribution in [0.1, 0.15) is 114 Å². The second kappa shape index (κ2) is 45.3. The van der Waals surface area contributed by atoms with Crippen LogP contribution >= 0.6 is 63.7 Å². The molecule has 0 aliphatic carbocycles. The number of rotatable bonds is 37. The molecule has 0 saturated heterocycles. The number of hydrogen-bond acceptors (Lipinski definition) is 6. The van der Waals surface area contributed by atoms with E-state index in [1.54, 1.807) is 46.7 Å². The van der Waals surface area contributed by atoms with E-state index in [0.29, 0.717) is 26.4 Å². The minimum atomic E-state index is -1.57. The van der Waals surface area contributed by atoms with Gasteiger partial charge >= 0.3 is 0 Å². The van der Waals surface area contributed by atoms with Gasteiger partial charge in [0.2, 0.25) is 0 Å². The fraction of sp³-hybridized carbons (Fsp3) is 0.406. The van der Waals surface area contributed by atoms with Crippen LogP contribution in [-0.2, 0) is 16.2 Å². The molecule has 6 nitrogen and oxygen atoms in total. The van der Waals surface area contributed by atoms with Crippen LogP contribution in [0.2, 0.25) is 136 Å². The van der Waals surface area contributed by atoms with Crippen molar-refractivity contribution in [2.24, 2.45) is 0 Å². The summed E-state index contributed by atoms with van der Waals surface area (Å²) in [5, 5.41) is 14.8. The molecule has 10 aromatic rings. The van der Waals surface area contributed by atoms with Gasteiger partial charge in [0.05, 0.1) is 135 Å². The molecule has 10 aromatic carbocycles. The van der Waals surface area contributed by atoms with Gasteiger partial charge < -0.3 is 28.4 Å². The van der Waals surface area contributed by atoms with E-state index in [1.807, 2.05) is 20.8 Å². The van der Waals surface area contributed by atoms with Crippen molar-refractivity contribution in [2.75, 3.05) is 39.6 Å². The van der Waals surface area contributed by atoms with Crippen LogP contribution in [0, 0.1) is 0 Å². The smallest absolute Gasteiger partial charge is 0.147 e. The van der Waals surface area contributed by atoms with Crippen LogP contribution in [0.15, 0.2) is 224 Å². The molecule has 1 unspecified atom stereocenters. The van der Waals surface area contributed by atoms with Gasteiger partial charge in [-0.25, -0.2) is 0 Å². The lowest BCUT2D eigenvalue weighted by Gasteiger charge is -2.32. The number of ether oxygens (including phenoxy) is 6. The van der Waals surface area contributed by atoms with Crippen molar-refractivity contribution >= 4 is 187 Å². The first kappa shape index (κ1) is 100. The molecule has 0 heterocycles. The molecule has 10 rings (SSSR count). The van der Waals surface area contributed by atoms with Gasteiger partial charge in [-0.15, -0.1) is 0 Å². The molecule has 1 atom stereocenters. The Kier molecular flexibility index (Phi) is 37.9. The zero-order valence-corrected chi connectivity index (χ0v) is 93.8. The summed E-state index contributed by atoms with van der Waals surface area (Å²) >= 11 is 15.0. The SMILES string of the molecule is CCOc1c(Br)cc(C(C)(C)c2cc(Br)c(OCCC[Si](C)(C)c3cc([SiH](C)C)cc([SiH](C)C)c3)c(Br)c2)cc1Br.CCOc1ccc(C(C)(C)c2ccc(OCCC[Si](C)(C)c3cc([SiH](C)C)cc([SiH](C)C)c3)cc2)cc1.CCOc1ccc(C(C)(c2ccccc2)c2ccc(OCCC[Si](C)(C)c3cc([SiH](C)C)cc([SiH](C)C)c3)cc2)cc1. The summed E-state index contributed by atoms with van der Waals surface area (Å²) in [5.41, 5.74) is 8.10. The van der Waals surface area contributed by atoms with E-state index in [-0.39, 0.29) is 16.2 Å². The van der Waals surface area contributed by atoms with E-state index in [2.05, 4.69) is 422 Å². The first-order chi connectivity index (χ1) is 56.6. The highest BCUT2D eigenvalue weighted by Crippen LogP contribution is 2.45. The van der Waals surface area contributed by atoms with Crippen LogP contribution in [0.4, 0.5) is 0 Å². The van der Waals surface area contributed by atoms with Gasteiger partial charge in [0.15, 0.2) is 0 Å². The average molecular weight is 2020 g/mol. The fourth-order valence-electron chi connectivity index (χ4n) is 15.6. The molecule has 0 saturated carbocycles. The molecule has 0 spiro atoms. The Hall–Kier alpha value is -5.13. The molecule has 0 radical (unpaired) electrons. The molecule has 0 aliphatic heterocycles. The summed E-state index contributed by atoms with van der Waals surface area (Å²) in [6, 6.07) is 80.6. The van der Waals surface area contributed by atoms with Gasteiger partial charge in [0.25, 0.3) is 0 Å². The van der Waals surface area contributed by atoms with E-state index >= 15 is 0 Å². The van der Waals surface area contributed by atoms with Gasteiger partial charge in [-0.05, 0) is 222 Å². The van der Waals surface area contributed by atoms with Gasteiger partial charge in [-0.3, -0.25) is 0 Å². The maximum Gasteiger partial charge on any atom is 0.147 e. The van der Waals surface area contributed by atoms with Crippen LogP contribution in [0.25, 0.3) is 0 Å². The summed E-state index contributed by atoms with van der Waals surface area (Å²) in [7, 11) is -9.51. The monoisotopic (exact) mass is 2020 g/mol. The Morgan fingerprint density at radius 1 is 0.267 bits per heavy atom. The lowest BCUT2D eigenvalue weighted by Crippen LogP contribution is -2.47. The number of halogens is 4.